The number of pyridine rings is 1. The van der Waals surface area contributed by atoms with Gasteiger partial charge in [-0.2, -0.15) is 0 Å². The zero-order chi connectivity index (χ0) is 14.3. The third kappa shape index (κ3) is 4.70. The first-order valence-corrected chi connectivity index (χ1v) is 6.04. The number of aliphatic hydroxyl groups is 2. The van der Waals surface area contributed by atoms with Gasteiger partial charge in [0.25, 0.3) is 5.91 Å². The van der Waals surface area contributed by atoms with Gasteiger partial charge in [0.15, 0.2) is 0 Å². The van der Waals surface area contributed by atoms with E-state index in [1.54, 1.807) is 26.1 Å². The molecule has 1 unspecified atom stereocenters. The minimum Gasteiger partial charge on any atom is -0.395 e. The second kappa shape index (κ2) is 7.52. The molecule has 0 aliphatic carbocycles. The van der Waals surface area contributed by atoms with Crippen LogP contribution in [0.5, 0.6) is 0 Å². The molecule has 0 fully saturated rings. The molecule has 0 spiro atoms. The van der Waals surface area contributed by atoms with Gasteiger partial charge in [0.1, 0.15) is 5.69 Å². The number of hydrogen-bond donors (Lipinski definition) is 2. The highest BCUT2D eigenvalue weighted by Gasteiger charge is 2.17. The molecule has 0 aliphatic rings. The predicted molar refractivity (Wildman–Crippen MR) is 71.5 cm³/mol. The van der Waals surface area contributed by atoms with Crippen molar-refractivity contribution in [3.63, 3.8) is 0 Å². The van der Waals surface area contributed by atoms with Crippen molar-refractivity contribution in [1.82, 2.24) is 9.88 Å². The number of carbonyl (C=O) groups is 1. The Morgan fingerprint density at radius 1 is 1.58 bits per heavy atom. The number of amides is 1. The summed E-state index contributed by atoms with van der Waals surface area (Å²) in [5.41, 5.74) is 0.787. The molecule has 0 bridgehead atoms. The molecule has 5 heteroatoms. The summed E-state index contributed by atoms with van der Waals surface area (Å²) in [6.07, 6.45) is 1.29. The normalized spacial score (nSPS) is 11.4. The molecular weight excluding hydrogens is 244 g/mol. The molecule has 0 saturated heterocycles. The SMILES string of the molecule is CC(O)CN(C)C(=O)c1ncccc1C#CCCO. The molecule has 102 valence electrons. The van der Waals surface area contributed by atoms with Gasteiger partial charge >= 0.3 is 0 Å². The van der Waals surface area contributed by atoms with Gasteiger partial charge in [-0.05, 0) is 19.1 Å². The molecule has 0 saturated carbocycles. The Morgan fingerprint density at radius 2 is 2.32 bits per heavy atom. The van der Waals surface area contributed by atoms with Crippen LogP contribution in [0.3, 0.4) is 0 Å². The second-order valence-electron chi connectivity index (χ2n) is 4.21. The summed E-state index contributed by atoms with van der Waals surface area (Å²) in [4.78, 5) is 17.6. The number of rotatable bonds is 4. The summed E-state index contributed by atoms with van der Waals surface area (Å²) in [6, 6.07) is 3.41. The van der Waals surface area contributed by atoms with Crippen LogP contribution in [-0.4, -0.2) is 52.3 Å². The van der Waals surface area contributed by atoms with E-state index >= 15 is 0 Å². The van der Waals surface area contributed by atoms with E-state index in [0.29, 0.717) is 12.0 Å². The summed E-state index contributed by atoms with van der Waals surface area (Å²) < 4.78 is 0. The zero-order valence-electron chi connectivity index (χ0n) is 11.1. The summed E-state index contributed by atoms with van der Waals surface area (Å²) in [5.74, 6) is 5.30. The third-order valence-electron chi connectivity index (χ3n) is 2.35. The monoisotopic (exact) mass is 262 g/mol. The molecule has 0 radical (unpaired) electrons. The number of likely N-dealkylation sites (N-methyl/N-ethyl adjacent to an activating group) is 1. The van der Waals surface area contributed by atoms with Crippen LogP contribution >= 0.6 is 0 Å². The fraction of sp³-hybridized carbons (Fsp3) is 0.429. The Kier molecular flexibility index (Phi) is 6.00. The Hall–Kier alpha value is -1.90. The first-order valence-electron chi connectivity index (χ1n) is 6.04. The highest BCUT2D eigenvalue weighted by atomic mass is 16.3. The van der Waals surface area contributed by atoms with E-state index in [0.717, 1.165) is 0 Å². The van der Waals surface area contributed by atoms with Gasteiger partial charge in [-0.3, -0.25) is 4.79 Å². The largest absolute Gasteiger partial charge is 0.395 e. The van der Waals surface area contributed by atoms with E-state index in [-0.39, 0.29) is 24.8 Å². The van der Waals surface area contributed by atoms with Crippen LogP contribution in [-0.2, 0) is 0 Å². The van der Waals surface area contributed by atoms with E-state index in [9.17, 15) is 9.90 Å². The van der Waals surface area contributed by atoms with Crippen molar-refractivity contribution in [3.8, 4) is 11.8 Å². The Labute approximate surface area is 112 Å². The van der Waals surface area contributed by atoms with Crippen LogP contribution in [0.4, 0.5) is 0 Å². The van der Waals surface area contributed by atoms with Crippen molar-refractivity contribution in [2.75, 3.05) is 20.2 Å². The fourth-order valence-corrected chi connectivity index (χ4v) is 1.55. The lowest BCUT2D eigenvalue weighted by Crippen LogP contribution is -2.34. The van der Waals surface area contributed by atoms with Crippen molar-refractivity contribution >= 4 is 5.91 Å². The van der Waals surface area contributed by atoms with Gasteiger partial charge in [0.2, 0.25) is 0 Å². The molecule has 1 aromatic heterocycles. The van der Waals surface area contributed by atoms with Gasteiger partial charge in [-0.25, -0.2) is 4.98 Å². The van der Waals surface area contributed by atoms with E-state index in [1.165, 1.54) is 11.1 Å². The lowest BCUT2D eigenvalue weighted by molar-refractivity contribution is 0.0698. The van der Waals surface area contributed by atoms with Gasteiger partial charge in [0, 0.05) is 26.2 Å². The highest BCUT2D eigenvalue weighted by Crippen LogP contribution is 2.07. The predicted octanol–water partition coefficient (Wildman–Crippen LogP) is 0.268. The maximum absolute atomic E-state index is 12.2. The Morgan fingerprint density at radius 3 is 2.95 bits per heavy atom. The fourth-order valence-electron chi connectivity index (χ4n) is 1.55. The summed E-state index contributed by atoms with van der Waals surface area (Å²) in [5, 5.41) is 18.0. The molecule has 0 aliphatic heterocycles. The van der Waals surface area contributed by atoms with E-state index in [4.69, 9.17) is 5.11 Å². The number of carbonyl (C=O) groups excluding carboxylic acids is 1. The van der Waals surface area contributed by atoms with Crippen LogP contribution in [0.2, 0.25) is 0 Å². The Balaban J connectivity index is 2.94. The van der Waals surface area contributed by atoms with Crippen molar-refractivity contribution in [3.05, 3.63) is 29.6 Å². The Bertz CT molecular complexity index is 489. The molecule has 0 aromatic carbocycles. The number of hydrogen-bond acceptors (Lipinski definition) is 4. The van der Waals surface area contributed by atoms with Gasteiger partial charge < -0.3 is 15.1 Å². The van der Waals surface area contributed by atoms with Crippen molar-refractivity contribution in [1.29, 1.82) is 0 Å². The smallest absolute Gasteiger partial charge is 0.273 e. The first kappa shape index (κ1) is 15.2. The maximum Gasteiger partial charge on any atom is 0.273 e. The average molecular weight is 262 g/mol. The summed E-state index contributed by atoms with van der Waals surface area (Å²) in [7, 11) is 1.61. The molecule has 1 atom stereocenters. The van der Waals surface area contributed by atoms with Crippen molar-refractivity contribution in [2.45, 2.75) is 19.4 Å². The van der Waals surface area contributed by atoms with Crippen LogP contribution in [0.15, 0.2) is 18.3 Å². The quantitative estimate of drug-likeness (QED) is 0.764. The molecule has 1 amide bonds. The van der Waals surface area contributed by atoms with E-state index < -0.39 is 6.10 Å². The maximum atomic E-state index is 12.2. The van der Waals surface area contributed by atoms with E-state index in [2.05, 4.69) is 16.8 Å². The van der Waals surface area contributed by atoms with Crippen molar-refractivity contribution < 1.29 is 15.0 Å². The second-order valence-corrected chi connectivity index (χ2v) is 4.21. The number of aromatic nitrogens is 1. The lowest BCUT2D eigenvalue weighted by Gasteiger charge is -2.18. The molecular formula is C14H18N2O3. The topological polar surface area (TPSA) is 73.7 Å². The summed E-state index contributed by atoms with van der Waals surface area (Å²) >= 11 is 0. The minimum atomic E-state index is -0.596. The molecule has 1 heterocycles. The molecule has 1 aromatic rings. The highest BCUT2D eigenvalue weighted by molar-refractivity contribution is 5.94. The number of aliphatic hydroxyl groups excluding tert-OH is 2. The first-order chi connectivity index (χ1) is 9.06. The van der Waals surface area contributed by atoms with Gasteiger partial charge in [0.05, 0.1) is 18.3 Å². The van der Waals surface area contributed by atoms with Crippen LogP contribution in [0, 0.1) is 11.8 Å². The average Bonchev–Trinajstić information content (AvgIpc) is 2.38. The zero-order valence-corrected chi connectivity index (χ0v) is 11.1. The molecule has 1 rings (SSSR count). The summed E-state index contributed by atoms with van der Waals surface area (Å²) in [6.45, 7) is 1.83. The van der Waals surface area contributed by atoms with Crippen LogP contribution in [0.25, 0.3) is 0 Å². The third-order valence-corrected chi connectivity index (χ3v) is 2.35. The molecule has 19 heavy (non-hydrogen) atoms. The lowest BCUT2D eigenvalue weighted by atomic mass is 10.1. The molecule has 2 N–H and O–H groups in total. The van der Waals surface area contributed by atoms with Gasteiger partial charge in [-0.15, -0.1) is 0 Å². The van der Waals surface area contributed by atoms with E-state index in [1.807, 2.05) is 0 Å². The minimum absolute atomic E-state index is 0.0154. The van der Waals surface area contributed by atoms with Crippen LogP contribution in [0.1, 0.15) is 29.4 Å². The van der Waals surface area contributed by atoms with Gasteiger partial charge in [-0.1, -0.05) is 11.8 Å². The molecule has 5 nitrogen and oxygen atoms in total. The van der Waals surface area contributed by atoms with Crippen molar-refractivity contribution in [2.24, 2.45) is 0 Å². The standard InChI is InChI=1S/C14H18N2O3/c1-11(18)10-16(2)14(19)13-12(6-3-4-9-17)7-5-8-15-13/h5,7-8,11,17-18H,4,9-10H2,1-2H3. The number of nitrogens with zero attached hydrogens (tertiary/aromatic N) is 2. The van der Waals surface area contributed by atoms with Crippen LogP contribution < -0.4 is 0 Å².